The quantitative estimate of drug-likeness (QED) is 0.563. The van der Waals surface area contributed by atoms with E-state index in [1.54, 1.807) is 11.8 Å². The van der Waals surface area contributed by atoms with Crippen LogP contribution in [0, 0.1) is 5.92 Å². The van der Waals surface area contributed by atoms with Crippen LogP contribution in [0.3, 0.4) is 0 Å². The number of hydrogen-bond donors (Lipinski definition) is 1. The van der Waals surface area contributed by atoms with Gasteiger partial charge in [0.1, 0.15) is 17.0 Å². The molecule has 1 atom stereocenters. The number of amides is 2. The zero-order chi connectivity index (χ0) is 25.9. The summed E-state index contributed by atoms with van der Waals surface area (Å²) in [7, 11) is 1.27. The lowest BCUT2D eigenvalue weighted by atomic mass is 9.86. The van der Waals surface area contributed by atoms with Crippen LogP contribution in [0.25, 0.3) is 0 Å². The Hall–Kier alpha value is -3.36. The number of esters is 1. The Kier molecular flexibility index (Phi) is 7.66. The maximum atomic E-state index is 13.7. The second-order valence-corrected chi connectivity index (χ2v) is 10.1. The number of nitrogens with zero attached hydrogens (tertiary/aromatic N) is 3. The number of hydrogen-bond acceptors (Lipinski definition) is 6. The van der Waals surface area contributed by atoms with Gasteiger partial charge in [-0.05, 0) is 69.6 Å². The fourth-order valence-electron chi connectivity index (χ4n) is 5.10. The molecule has 1 aliphatic carbocycles. The van der Waals surface area contributed by atoms with Crippen molar-refractivity contribution in [2.75, 3.05) is 20.3 Å². The molecule has 9 heteroatoms. The standard InChI is InChI=1S/C27H36N4O5/c1-5-36-21-12-8-19(9-13-21)14-15-30-24(32)23-16-22(25(33)35-4)29-31(23)17-27(30,3)26(34)28-20-10-6-18(2)7-11-20/h8-9,12-13,16,18,20H,5-7,10-11,14-15,17H2,1-4H3,(H,28,34)/t18?,20?,27-/m0/s1. The molecular formula is C27H36N4O5. The van der Waals surface area contributed by atoms with Crippen molar-refractivity contribution in [3.63, 3.8) is 0 Å². The maximum Gasteiger partial charge on any atom is 0.358 e. The molecule has 2 aromatic rings. The normalized spacial score (nSPS) is 23.7. The number of rotatable bonds is 8. The lowest BCUT2D eigenvalue weighted by Gasteiger charge is -2.44. The minimum absolute atomic E-state index is 0.0539. The molecule has 1 saturated carbocycles. The van der Waals surface area contributed by atoms with E-state index in [9.17, 15) is 14.4 Å². The highest BCUT2D eigenvalue weighted by Gasteiger charge is 2.48. The third-order valence-corrected chi connectivity index (χ3v) is 7.39. The third-order valence-electron chi connectivity index (χ3n) is 7.39. The summed E-state index contributed by atoms with van der Waals surface area (Å²) in [6.07, 6.45) is 4.59. The van der Waals surface area contributed by atoms with Gasteiger partial charge in [0.25, 0.3) is 5.91 Å². The molecule has 36 heavy (non-hydrogen) atoms. The number of aromatic nitrogens is 2. The van der Waals surface area contributed by atoms with Crippen molar-refractivity contribution in [2.24, 2.45) is 5.92 Å². The lowest BCUT2D eigenvalue weighted by Crippen LogP contribution is -2.65. The predicted octanol–water partition coefficient (Wildman–Crippen LogP) is 3.22. The van der Waals surface area contributed by atoms with Crippen molar-refractivity contribution in [1.29, 1.82) is 0 Å². The van der Waals surface area contributed by atoms with E-state index < -0.39 is 11.5 Å². The van der Waals surface area contributed by atoms with Gasteiger partial charge in [0.15, 0.2) is 5.69 Å². The van der Waals surface area contributed by atoms with E-state index in [0.29, 0.717) is 25.5 Å². The number of nitrogens with one attached hydrogen (secondary N) is 1. The minimum Gasteiger partial charge on any atom is -0.494 e. The minimum atomic E-state index is -1.15. The average molecular weight is 497 g/mol. The van der Waals surface area contributed by atoms with E-state index in [1.165, 1.54) is 17.9 Å². The van der Waals surface area contributed by atoms with Gasteiger partial charge in [-0.15, -0.1) is 0 Å². The van der Waals surface area contributed by atoms with Crippen molar-refractivity contribution in [3.05, 3.63) is 47.3 Å². The molecule has 1 fully saturated rings. The average Bonchev–Trinajstić information content (AvgIpc) is 3.30. The summed E-state index contributed by atoms with van der Waals surface area (Å²) in [5, 5.41) is 7.50. The fraction of sp³-hybridized carbons (Fsp3) is 0.556. The Morgan fingerprint density at radius 1 is 1.17 bits per heavy atom. The van der Waals surface area contributed by atoms with E-state index in [-0.39, 0.29) is 35.8 Å². The second-order valence-electron chi connectivity index (χ2n) is 10.1. The predicted molar refractivity (Wildman–Crippen MR) is 134 cm³/mol. The summed E-state index contributed by atoms with van der Waals surface area (Å²) >= 11 is 0. The number of ether oxygens (including phenoxy) is 2. The van der Waals surface area contributed by atoms with Crippen LogP contribution in [0.4, 0.5) is 0 Å². The number of carbonyl (C=O) groups is 3. The van der Waals surface area contributed by atoms with Crippen LogP contribution in [0.15, 0.2) is 30.3 Å². The van der Waals surface area contributed by atoms with Crippen molar-refractivity contribution >= 4 is 17.8 Å². The largest absolute Gasteiger partial charge is 0.494 e. The van der Waals surface area contributed by atoms with Gasteiger partial charge in [-0.25, -0.2) is 4.79 Å². The molecule has 2 amide bonds. The van der Waals surface area contributed by atoms with Crippen LogP contribution in [-0.2, 0) is 22.5 Å². The van der Waals surface area contributed by atoms with Gasteiger partial charge >= 0.3 is 5.97 Å². The molecule has 0 spiro atoms. The van der Waals surface area contributed by atoms with Crippen molar-refractivity contribution in [2.45, 2.75) is 71.0 Å². The summed E-state index contributed by atoms with van der Waals surface area (Å²) in [4.78, 5) is 41.1. The van der Waals surface area contributed by atoms with Gasteiger partial charge in [-0.2, -0.15) is 5.10 Å². The Labute approximate surface area is 212 Å². The number of carbonyl (C=O) groups excluding carboxylic acids is 3. The molecule has 9 nitrogen and oxygen atoms in total. The molecule has 194 valence electrons. The molecule has 1 aromatic carbocycles. The first-order chi connectivity index (χ1) is 17.2. The first kappa shape index (κ1) is 25.7. The fourth-order valence-corrected chi connectivity index (χ4v) is 5.10. The summed E-state index contributed by atoms with van der Waals surface area (Å²) in [6.45, 7) is 7.05. The molecule has 4 rings (SSSR count). The molecule has 0 saturated heterocycles. The molecule has 0 bridgehead atoms. The lowest BCUT2D eigenvalue weighted by molar-refractivity contribution is -0.134. The number of fused-ring (bicyclic) bond motifs is 1. The zero-order valence-electron chi connectivity index (χ0n) is 21.6. The van der Waals surface area contributed by atoms with Gasteiger partial charge < -0.3 is 19.7 Å². The summed E-state index contributed by atoms with van der Waals surface area (Å²) in [5.74, 6) is 0.320. The van der Waals surface area contributed by atoms with Gasteiger partial charge in [0.05, 0.1) is 20.3 Å². The van der Waals surface area contributed by atoms with Crippen molar-refractivity contribution < 1.29 is 23.9 Å². The maximum absolute atomic E-state index is 13.7. The Balaban J connectivity index is 1.59. The molecule has 0 unspecified atom stereocenters. The Morgan fingerprint density at radius 2 is 1.86 bits per heavy atom. The van der Waals surface area contributed by atoms with Crippen LogP contribution < -0.4 is 10.1 Å². The number of benzene rings is 1. The van der Waals surface area contributed by atoms with Gasteiger partial charge in [-0.3, -0.25) is 14.3 Å². The first-order valence-corrected chi connectivity index (χ1v) is 12.8. The molecule has 2 aliphatic rings. The second kappa shape index (κ2) is 10.7. The molecule has 1 aromatic heterocycles. The van der Waals surface area contributed by atoms with Crippen molar-refractivity contribution in [1.82, 2.24) is 20.0 Å². The molecule has 1 N–H and O–H groups in total. The molecule has 1 aliphatic heterocycles. The highest BCUT2D eigenvalue weighted by molar-refractivity contribution is 6.01. The molecule has 2 heterocycles. The summed E-state index contributed by atoms with van der Waals surface area (Å²) in [6, 6.07) is 9.30. The number of methoxy groups -OCH3 is 1. The highest BCUT2D eigenvalue weighted by Crippen LogP contribution is 2.30. The van der Waals surface area contributed by atoms with E-state index in [1.807, 2.05) is 31.2 Å². The first-order valence-electron chi connectivity index (χ1n) is 12.8. The van der Waals surface area contributed by atoms with E-state index in [2.05, 4.69) is 17.3 Å². The SMILES string of the molecule is CCOc1ccc(CCN2C(=O)c3cc(C(=O)OC)nn3C[C@@]2(C)C(=O)NC2CCC(C)CC2)cc1. The van der Waals surface area contributed by atoms with Gasteiger partial charge in [-0.1, -0.05) is 19.1 Å². The smallest absolute Gasteiger partial charge is 0.358 e. The van der Waals surface area contributed by atoms with Crippen molar-refractivity contribution in [3.8, 4) is 5.75 Å². The molecule has 0 radical (unpaired) electrons. The van der Waals surface area contributed by atoms with Gasteiger partial charge in [0.2, 0.25) is 5.91 Å². The monoisotopic (exact) mass is 496 g/mol. The molecular weight excluding hydrogens is 460 g/mol. The van der Waals surface area contributed by atoms with E-state index >= 15 is 0 Å². The van der Waals surface area contributed by atoms with E-state index in [0.717, 1.165) is 37.0 Å². The third kappa shape index (κ3) is 5.24. The van der Waals surface area contributed by atoms with Gasteiger partial charge in [0, 0.05) is 18.7 Å². The Bertz CT molecular complexity index is 1100. The highest BCUT2D eigenvalue weighted by atomic mass is 16.5. The summed E-state index contributed by atoms with van der Waals surface area (Å²) in [5.41, 5.74) is 0.208. The van der Waals surface area contributed by atoms with Crippen LogP contribution in [-0.4, -0.2) is 64.3 Å². The Morgan fingerprint density at radius 3 is 2.50 bits per heavy atom. The summed E-state index contributed by atoms with van der Waals surface area (Å²) < 4.78 is 11.8. The topological polar surface area (TPSA) is 103 Å². The van der Waals surface area contributed by atoms with Crippen LogP contribution in [0.2, 0.25) is 0 Å². The van der Waals surface area contributed by atoms with Crippen LogP contribution in [0.5, 0.6) is 5.75 Å². The van der Waals surface area contributed by atoms with Crippen LogP contribution in [0.1, 0.15) is 73.0 Å². The van der Waals surface area contributed by atoms with E-state index in [4.69, 9.17) is 9.47 Å². The zero-order valence-corrected chi connectivity index (χ0v) is 21.6. The van der Waals surface area contributed by atoms with Crippen LogP contribution >= 0.6 is 0 Å².